The lowest BCUT2D eigenvalue weighted by atomic mass is 10.0. The molecule has 0 aromatic heterocycles. The predicted molar refractivity (Wildman–Crippen MR) is 82.5 cm³/mol. The fraction of sp³-hybridized carbons (Fsp3) is 0.647. The zero-order valence-corrected chi connectivity index (χ0v) is 12.9. The number of hydrogen-bond acceptors (Lipinski definition) is 3. The molecule has 1 heterocycles. The second kappa shape index (κ2) is 7.65. The minimum Gasteiger partial charge on any atom is -0.493 e. The largest absolute Gasteiger partial charge is 0.493 e. The summed E-state index contributed by atoms with van der Waals surface area (Å²) in [6.07, 6.45) is 2.11. The van der Waals surface area contributed by atoms with Gasteiger partial charge >= 0.3 is 0 Å². The molecule has 0 amide bonds. The lowest BCUT2D eigenvalue weighted by molar-refractivity contribution is 0.108. The van der Waals surface area contributed by atoms with Gasteiger partial charge in [-0.2, -0.15) is 0 Å². The zero-order valence-electron chi connectivity index (χ0n) is 12.9. The highest BCUT2D eigenvalue weighted by Gasteiger charge is 2.14. The van der Waals surface area contributed by atoms with Gasteiger partial charge in [0.2, 0.25) is 0 Å². The van der Waals surface area contributed by atoms with Gasteiger partial charge in [-0.1, -0.05) is 26.0 Å². The summed E-state index contributed by atoms with van der Waals surface area (Å²) in [4.78, 5) is 0. The van der Waals surface area contributed by atoms with Gasteiger partial charge in [0.05, 0.1) is 13.2 Å². The van der Waals surface area contributed by atoms with Crippen molar-refractivity contribution in [1.29, 1.82) is 0 Å². The molecule has 20 heavy (non-hydrogen) atoms. The first-order valence-electron chi connectivity index (χ1n) is 7.76. The van der Waals surface area contributed by atoms with Crippen molar-refractivity contribution in [2.24, 2.45) is 5.92 Å². The Morgan fingerprint density at radius 1 is 1.35 bits per heavy atom. The molecule has 0 aliphatic carbocycles. The van der Waals surface area contributed by atoms with Crippen LogP contribution in [-0.2, 0) is 17.6 Å². The first kappa shape index (κ1) is 15.3. The van der Waals surface area contributed by atoms with Crippen molar-refractivity contribution in [3.05, 3.63) is 29.3 Å². The van der Waals surface area contributed by atoms with E-state index in [-0.39, 0.29) is 0 Å². The van der Waals surface area contributed by atoms with E-state index in [9.17, 15) is 0 Å². The smallest absolute Gasteiger partial charge is 0.122 e. The second-order valence-corrected chi connectivity index (χ2v) is 5.75. The predicted octanol–water partition coefficient (Wildman–Crippen LogP) is 2.81. The Labute approximate surface area is 122 Å². The third kappa shape index (κ3) is 4.22. The first-order chi connectivity index (χ1) is 9.70. The monoisotopic (exact) mass is 277 g/mol. The lowest BCUT2D eigenvalue weighted by Gasteiger charge is -2.22. The topological polar surface area (TPSA) is 30.5 Å². The summed E-state index contributed by atoms with van der Waals surface area (Å²) in [6, 6.07) is 7.01. The van der Waals surface area contributed by atoms with E-state index in [0.717, 1.165) is 45.0 Å². The van der Waals surface area contributed by atoms with E-state index in [1.165, 1.54) is 11.1 Å². The van der Waals surface area contributed by atoms with Crippen molar-refractivity contribution in [1.82, 2.24) is 5.32 Å². The minimum atomic E-state index is 0.438. The van der Waals surface area contributed by atoms with Gasteiger partial charge < -0.3 is 14.8 Å². The van der Waals surface area contributed by atoms with Crippen LogP contribution in [0.2, 0.25) is 0 Å². The fourth-order valence-corrected chi connectivity index (χ4v) is 2.53. The molecular weight excluding hydrogens is 250 g/mol. The highest BCUT2D eigenvalue weighted by Crippen LogP contribution is 2.25. The van der Waals surface area contributed by atoms with Gasteiger partial charge in [-0.3, -0.25) is 0 Å². The molecule has 0 spiro atoms. The molecule has 3 heteroatoms. The van der Waals surface area contributed by atoms with Crippen LogP contribution in [0.1, 0.15) is 31.9 Å². The summed E-state index contributed by atoms with van der Waals surface area (Å²) < 4.78 is 11.1. The Balaban J connectivity index is 1.79. The molecule has 0 saturated heterocycles. The molecule has 2 rings (SSSR count). The summed E-state index contributed by atoms with van der Waals surface area (Å²) in [7, 11) is 0. The van der Waals surface area contributed by atoms with E-state index < -0.39 is 0 Å². The number of benzene rings is 1. The minimum absolute atomic E-state index is 0.438. The maximum Gasteiger partial charge on any atom is 0.122 e. The van der Waals surface area contributed by atoms with E-state index in [1.54, 1.807) is 0 Å². The summed E-state index contributed by atoms with van der Waals surface area (Å²) in [5.41, 5.74) is 2.75. The molecule has 0 saturated carbocycles. The molecule has 0 fully saturated rings. The highest BCUT2D eigenvalue weighted by atomic mass is 16.5. The number of hydrogen-bond donors (Lipinski definition) is 1. The Bertz CT molecular complexity index is 417. The number of nitrogens with one attached hydrogen (secondary N) is 1. The van der Waals surface area contributed by atoms with Crippen molar-refractivity contribution in [2.45, 2.75) is 39.7 Å². The molecule has 0 radical (unpaired) electrons. The van der Waals surface area contributed by atoms with Gasteiger partial charge in [0.15, 0.2) is 0 Å². The zero-order chi connectivity index (χ0) is 14.4. The third-order valence-corrected chi connectivity index (χ3v) is 3.88. The number of fused-ring (bicyclic) bond motifs is 1. The van der Waals surface area contributed by atoms with Gasteiger partial charge in [-0.05, 0) is 43.0 Å². The molecule has 1 aliphatic heterocycles. The first-order valence-corrected chi connectivity index (χ1v) is 7.76. The van der Waals surface area contributed by atoms with E-state index in [2.05, 4.69) is 37.4 Å². The van der Waals surface area contributed by atoms with E-state index in [4.69, 9.17) is 9.47 Å². The van der Waals surface area contributed by atoms with Crippen molar-refractivity contribution >= 4 is 0 Å². The lowest BCUT2D eigenvalue weighted by Crippen LogP contribution is -2.39. The van der Waals surface area contributed by atoms with E-state index >= 15 is 0 Å². The van der Waals surface area contributed by atoms with Crippen molar-refractivity contribution in [3.63, 3.8) is 0 Å². The molecule has 1 aromatic carbocycles. The van der Waals surface area contributed by atoms with Crippen LogP contribution in [0.25, 0.3) is 0 Å². The van der Waals surface area contributed by atoms with Crippen LogP contribution in [0, 0.1) is 5.92 Å². The van der Waals surface area contributed by atoms with E-state index in [0.29, 0.717) is 12.0 Å². The van der Waals surface area contributed by atoms with Crippen LogP contribution in [0.3, 0.4) is 0 Å². The van der Waals surface area contributed by atoms with Crippen LogP contribution in [0.15, 0.2) is 18.2 Å². The van der Waals surface area contributed by atoms with Crippen LogP contribution < -0.4 is 10.1 Å². The quantitative estimate of drug-likeness (QED) is 0.792. The van der Waals surface area contributed by atoms with Gasteiger partial charge in [-0.15, -0.1) is 0 Å². The highest BCUT2D eigenvalue weighted by molar-refractivity contribution is 5.39. The number of rotatable bonds is 8. The molecule has 1 aliphatic rings. The molecule has 112 valence electrons. The molecule has 1 atom stereocenters. The summed E-state index contributed by atoms with van der Waals surface area (Å²) in [5.74, 6) is 1.66. The number of ether oxygens (including phenoxy) is 2. The molecule has 1 aromatic rings. The van der Waals surface area contributed by atoms with Gasteiger partial charge in [0.1, 0.15) is 5.75 Å². The summed E-state index contributed by atoms with van der Waals surface area (Å²) in [5, 5.41) is 3.61. The van der Waals surface area contributed by atoms with Crippen LogP contribution in [0.5, 0.6) is 5.75 Å². The Kier molecular flexibility index (Phi) is 5.86. The Morgan fingerprint density at radius 3 is 2.95 bits per heavy atom. The van der Waals surface area contributed by atoms with E-state index in [1.807, 2.05) is 6.92 Å². The molecule has 3 nitrogen and oxygen atoms in total. The Hall–Kier alpha value is -1.06. The normalized spacial score (nSPS) is 15.2. The van der Waals surface area contributed by atoms with Gasteiger partial charge in [-0.25, -0.2) is 0 Å². The van der Waals surface area contributed by atoms with Crippen molar-refractivity contribution in [2.75, 3.05) is 26.4 Å². The molecule has 1 N–H and O–H groups in total. The maximum absolute atomic E-state index is 5.54. The molecule has 0 bridgehead atoms. The SMILES string of the molecule is CCOCC(NCCc1ccc2c(c1)CCO2)C(C)C. The average molecular weight is 277 g/mol. The second-order valence-electron chi connectivity index (χ2n) is 5.75. The summed E-state index contributed by atoms with van der Waals surface area (Å²) in [6.45, 7) is 9.94. The van der Waals surface area contributed by atoms with Crippen LogP contribution >= 0.6 is 0 Å². The maximum atomic E-state index is 5.54. The van der Waals surface area contributed by atoms with Crippen molar-refractivity contribution in [3.8, 4) is 5.75 Å². The summed E-state index contributed by atoms with van der Waals surface area (Å²) >= 11 is 0. The van der Waals surface area contributed by atoms with Crippen LogP contribution in [0.4, 0.5) is 0 Å². The average Bonchev–Trinajstić information content (AvgIpc) is 2.89. The van der Waals surface area contributed by atoms with Crippen LogP contribution in [-0.4, -0.2) is 32.4 Å². The third-order valence-electron chi connectivity index (χ3n) is 3.88. The van der Waals surface area contributed by atoms with Crippen molar-refractivity contribution < 1.29 is 9.47 Å². The standard InChI is InChI=1S/C17H27NO2/c1-4-19-12-16(13(2)3)18-9-7-14-5-6-17-15(11-14)8-10-20-17/h5-6,11,13,16,18H,4,7-10,12H2,1-3H3. The fourth-order valence-electron chi connectivity index (χ4n) is 2.53. The van der Waals surface area contributed by atoms with Gasteiger partial charge in [0.25, 0.3) is 0 Å². The van der Waals surface area contributed by atoms with Gasteiger partial charge in [0, 0.05) is 19.1 Å². The molecular formula is C17H27NO2. The Morgan fingerprint density at radius 2 is 2.20 bits per heavy atom. The molecule has 1 unspecified atom stereocenters.